The number of rotatable bonds is 5. The highest BCUT2D eigenvalue weighted by Gasteiger charge is 2.24. The van der Waals surface area contributed by atoms with Crippen LogP contribution in [0.1, 0.15) is 22.3 Å². The molecular formula is C24H23N3O2. The van der Waals surface area contributed by atoms with Crippen LogP contribution < -0.4 is 0 Å². The molecule has 5 heteroatoms. The van der Waals surface area contributed by atoms with E-state index in [1.54, 1.807) is 0 Å². The minimum atomic E-state index is 0.0140. The normalized spacial score (nSPS) is 15.1. The zero-order valence-corrected chi connectivity index (χ0v) is 16.5. The predicted octanol–water partition coefficient (Wildman–Crippen LogP) is 4.02. The van der Waals surface area contributed by atoms with Crippen molar-refractivity contribution in [2.45, 2.75) is 6.42 Å². The zero-order valence-electron chi connectivity index (χ0n) is 16.5. The van der Waals surface area contributed by atoms with Crippen LogP contribution in [0.5, 0.6) is 0 Å². The maximum Gasteiger partial charge on any atom is 0.168 e. The number of allylic oxidation sites excluding steroid dienone is 2. The van der Waals surface area contributed by atoms with Gasteiger partial charge in [0, 0.05) is 54.1 Å². The van der Waals surface area contributed by atoms with Gasteiger partial charge in [-0.3, -0.25) is 4.79 Å². The van der Waals surface area contributed by atoms with Gasteiger partial charge in [-0.15, -0.1) is 0 Å². The molecule has 1 aliphatic rings. The Balaban J connectivity index is 1.83. The smallest absolute Gasteiger partial charge is 0.168 e. The van der Waals surface area contributed by atoms with E-state index >= 15 is 0 Å². The molecule has 0 N–H and O–H groups in total. The number of hydrogen-bond donors (Lipinski definition) is 0. The average molecular weight is 385 g/mol. The molecule has 146 valence electrons. The van der Waals surface area contributed by atoms with E-state index in [9.17, 15) is 10.1 Å². The van der Waals surface area contributed by atoms with Crippen LogP contribution in [-0.2, 0) is 11.8 Å². The molecule has 1 aliphatic heterocycles. The van der Waals surface area contributed by atoms with Crippen LogP contribution in [0.25, 0.3) is 16.5 Å². The highest BCUT2D eigenvalue weighted by molar-refractivity contribution is 6.02. The fraction of sp³-hybridized carbons (Fsp3) is 0.250. The molecule has 0 bridgehead atoms. The van der Waals surface area contributed by atoms with Gasteiger partial charge in [-0.25, -0.2) is 0 Å². The predicted molar refractivity (Wildman–Crippen MR) is 113 cm³/mol. The molecule has 5 nitrogen and oxygen atoms in total. The van der Waals surface area contributed by atoms with Gasteiger partial charge >= 0.3 is 0 Å². The second-order valence-corrected chi connectivity index (χ2v) is 7.17. The maximum atomic E-state index is 13.0. The monoisotopic (exact) mass is 385 g/mol. The van der Waals surface area contributed by atoms with Gasteiger partial charge in [-0.05, 0) is 6.07 Å². The molecule has 3 aromatic rings. The van der Waals surface area contributed by atoms with Gasteiger partial charge in [0.25, 0.3) is 0 Å². The summed E-state index contributed by atoms with van der Waals surface area (Å²) in [7, 11) is 1.98. The van der Waals surface area contributed by atoms with Gasteiger partial charge in [-0.1, -0.05) is 48.5 Å². The van der Waals surface area contributed by atoms with Crippen LogP contribution in [0.4, 0.5) is 0 Å². The molecule has 0 radical (unpaired) electrons. The average Bonchev–Trinajstić information content (AvgIpc) is 3.11. The highest BCUT2D eigenvalue weighted by atomic mass is 16.5. The quantitative estimate of drug-likeness (QED) is 0.492. The Morgan fingerprint density at radius 3 is 2.48 bits per heavy atom. The minimum absolute atomic E-state index is 0.0140. The van der Waals surface area contributed by atoms with Crippen molar-refractivity contribution in [1.82, 2.24) is 9.47 Å². The van der Waals surface area contributed by atoms with Crippen molar-refractivity contribution in [3.05, 3.63) is 77.6 Å². The van der Waals surface area contributed by atoms with Crippen LogP contribution in [-0.4, -0.2) is 41.6 Å². The standard InChI is InChI=1S/C24H23N3O2/c1-26-17-21(19-9-5-6-10-22(19)26)20(16-25)23(27-11-13-29-14-12-27)15-24(28)18-7-3-2-4-8-18/h2-10,17H,11-15H2,1H3/b23-20+. The second-order valence-electron chi connectivity index (χ2n) is 7.17. The molecule has 1 saturated heterocycles. The molecule has 1 aromatic heterocycles. The Morgan fingerprint density at radius 2 is 1.76 bits per heavy atom. The first kappa shape index (κ1) is 19.0. The van der Waals surface area contributed by atoms with Gasteiger partial charge in [0.15, 0.2) is 5.78 Å². The summed E-state index contributed by atoms with van der Waals surface area (Å²) >= 11 is 0. The fourth-order valence-electron chi connectivity index (χ4n) is 3.89. The summed E-state index contributed by atoms with van der Waals surface area (Å²) in [6, 6.07) is 19.7. The molecule has 0 aliphatic carbocycles. The van der Waals surface area contributed by atoms with E-state index in [1.807, 2.05) is 72.4 Å². The molecule has 0 amide bonds. The minimum Gasteiger partial charge on any atom is -0.378 e. The topological polar surface area (TPSA) is 58.3 Å². The third-order valence-corrected chi connectivity index (χ3v) is 5.38. The lowest BCUT2D eigenvalue weighted by molar-refractivity contribution is 0.0518. The third-order valence-electron chi connectivity index (χ3n) is 5.38. The highest BCUT2D eigenvalue weighted by Crippen LogP contribution is 2.31. The van der Waals surface area contributed by atoms with Crippen molar-refractivity contribution in [3.63, 3.8) is 0 Å². The summed E-state index contributed by atoms with van der Waals surface area (Å²) in [5.74, 6) is 0.0140. The van der Waals surface area contributed by atoms with Crippen LogP contribution in [0.15, 0.2) is 66.5 Å². The van der Waals surface area contributed by atoms with Crippen LogP contribution in [0.3, 0.4) is 0 Å². The first-order valence-electron chi connectivity index (χ1n) is 9.77. The van der Waals surface area contributed by atoms with E-state index in [4.69, 9.17) is 4.74 Å². The van der Waals surface area contributed by atoms with Crippen molar-refractivity contribution in [2.24, 2.45) is 7.05 Å². The third kappa shape index (κ3) is 3.80. The second kappa shape index (κ2) is 8.34. The number of ketones is 1. The summed E-state index contributed by atoms with van der Waals surface area (Å²) in [5, 5.41) is 11.2. The lowest BCUT2D eigenvalue weighted by Gasteiger charge is -2.31. The van der Waals surface area contributed by atoms with E-state index in [0.717, 1.165) is 22.2 Å². The van der Waals surface area contributed by atoms with E-state index in [-0.39, 0.29) is 12.2 Å². The Labute approximate surface area is 170 Å². The molecule has 0 unspecified atom stereocenters. The number of morpholine rings is 1. The number of para-hydroxylation sites is 1. The Kier molecular flexibility index (Phi) is 5.46. The summed E-state index contributed by atoms with van der Waals surface area (Å²) in [6.45, 7) is 2.54. The maximum absolute atomic E-state index is 13.0. The molecule has 0 saturated carbocycles. The summed E-state index contributed by atoms with van der Waals surface area (Å²) in [4.78, 5) is 15.1. The number of nitrogens with zero attached hydrogens (tertiary/aromatic N) is 3. The summed E-state index contributed by atoms with van der Waals surface area (Å²) in [6.07, 6.45) is 2.17. The van der Waals surface area contributed by atoms with Gasteiger partial charge in [0.05, 0.1) is 25.2 Å². The van der Waals surface area contributed by atoms with Gasteiger partial charge in [0.1, 0.15) is 6.07 Å². The summed E-state index contributed by atoms with van der Waals surface area (Å²) in [5.41, 5.74) is 3.93. The van der Waals surface area contributed by atoms with E-state index in [1.165, 1.54) is 0 Å². The van der Waals surface area contributed by atoms with Crippen molar-refractivity contribution >= 4 is 22.3 Å². The zero-order chi connectivity index (χ0) is 20.2. The Bertz CT molecular complexity index is 1100. The van der Waals surface area contributed by atoms with E-state index < -0.39 is 0 Å². The van der Waals surface area contributed by atoms with Crippen molar-refractivity contribution in [3.8, 4) is 6.07 Å². The molecule has 0 atom stereocenters. The first-order valence-corrected chi connectivity index (χ1v) is 9.77. The number of benzene rings is 2. The van der Waals surface area contributed by atoms with E-state index in [2.05, 4.69) is 11.0 Å². The molecule has 0 spiro atoms. The number of nitriles is 1. The lowest BCUT2D eigenvalue weighted by atomic mass is 9.98. The van der Waals surface area contributed by atoms with Gasteiger partial charge < -0.3 is 14.2 Å². The number of ether oxygens (including phenoxy) is 1. The number of Topliss-reactive ketones (excluding diaryl/α,β-unsaturated/α-hetero) is 1. The molecule has 4 rings (SSSR count). The number of hydrogen-bond acceptors (Lipinski definition) is 4. The van der Waals surface area contributed by atoms with E-state index in [0.29, 0.717) is 37.4 Å². The first-order chi connectivity index (χ1) is 14.2. The van der Waals surface area contributed by atoms with Crippen molar-refractivity contribution in [1.29, 1.82) is 5.26 Å². The van der Waals surface area contributed by atoms with Crippen LogP contribution >= 0.6 is 0 Å². The van der Waals surface area contributed by atoms with Gasteiger partial charge in [0.2, 0.25) is 0 Å². The SMILES string of the molecule is Cn1cc(/C(C#N)=C(\CC(=O)c2ccccc2)N2CCOCC2)c2ccccc21. The molecular weight excluding hydrogens is 362 g/mol. The molecule has 2 aromatic carbocycles. The number of carbonyl (C=O) groups excluding carboxylic acids is 1. The fourth-order valence-corrected chi connectivity index (χ4v) is 3.89. The number of aryl methyl sites for hydroxylation is 1. The largest absolute Gasteiger partial charge is 0.378 e. The van der Waals surface area contributed by atoms with Crippen LogP contribution in [0, 0.1) is 11.3 Å². The summed E-state index contributed by atoms with van der Waals surface area (Å²) < 4.78 is 7.52. The Morgan fingerprint density at radius 1 is 1.07 bits per heavy atom. The van der Waals surface area contributed by atoms with Crippen LogP contribution in [0.2, 0.25) is 0 Å². The number of carbonyl (C=O) groups is 1. The molecule has 1 fully saturated rings. The number of aromatic nitrogens is 1. The lowest BCUT2D eigenvalue weighted by Crippen LogP contribution is -2.36. The van der Waals surface area contributed by atoms with Crippen molar-refractivity contribution in [2.75, 3.05) is 26.3 Å². The van der Waals surface area contributed by atoms with Crippen molar-refractivity contribution < 1.29 is 9.53 Å². The van der Waals surface area contributed by atoms with Gasteiger partial charge in [-0.2, -0.15) is 5.26 Å². The molecule has 2 heterocycles. The molecule has 29 heavy (non-hydrogen) atoms. The number of fused-ring (bicyclic) bond motifs is 1. The Hall–Kier alpha value is -3.36.